The van der Waals surface area contributed by atoms with Gasteiger partial charge in [0.1, 0.15) is 5.67 Å². The van der Waals surface area contributed by atoms with Gasteiger partial charge in [0.05, 0.1) is 6.61 Å². The van der Waals surface area contributed by atoms with E-state index in [0.717, 1.165) is 5.56 Å². The van der Waals surface area contributed by atoms with E-state index in [9.17, 15) is 4.39 Å². The SMILES string of the molecule is CC(C)[Si](OCc1cncc(C(C)(C)F)c1)(C(C)C)C(C)C. The number of halogens is 1. The number of hydrogen-bond donors (Lipinski definition) is 0. The van der Waals surface area contributed by atoms with Gasteiger partial charge in [0.2, 0.25) is 8.32 Å². The van der Waals surface area contributed by atoms with Gasteiger partial charge in [0.25, 0.3) is 0 Å². The van der Waals surface area contributed by atoms with Crippen molar-refractivity contribution in [3.63, 3.8) is 0 Å². The lowest BCUT2D eigenvalue weighted by atomic mass is 10.0. The van der Waals surface area contributed by atoms with E-state index in [1.54, 1.807) is 26.2 Å². The molecule has 4 heteroatoms. The second-order valence-electron chi connectivity index (χ2n) is 7.66. The summed E-state index contributed by atoms with van der Waals surface area (Å²) in [7, 11) is -1.90. The Kier molecular flexibility index (Phi) is 6.33. The van der Waals surface area contributed by atoms with Crippen LogP contribution in [0, 0.1) is 0 Å². The number of pyridine rings is 1. The van der Waals surface area contributed by atoms with Gasteiger partial charge in [-0.25, -0.2) is 4.39 Å². The zero-order valence-corrected chi connectivity index (χ0v) is 16.4. The molecule has 0 fully saturated rings. The van der Waals surface area contributed by atoms with E-state index >= 15 is 0 Å². The van der Waals surface area contributed by atoms with Gasteiger partial charge in [0, 0.05) is 18.0 Å². The molecule has 0 aliphatic carbocycles. The van der Waals surface area contributed by atoms with Crippen molar-refractivity contribution in [3.05, 3.63) is 29.6 Å². The van der Waals surface area contributed by atoms with Crippen molar-refractivity contribution in [2.45, 2.75) is 84.3 Å². The highest BCUT2D eigenvalue weighted by molar-refractivity contribution is 6.77. The fourth-order valence-electron chi connectivity index (χ4n) is 3.60. The van der Waals surface area contributed by atoms with E-state index in [-0.39, 0.29) is 0 Å². The monoisotopic (exact) mass is 325 g/mol. The van der Waals surface area contributed by atoms with Crippen LogP contribution < -0.4 is 0 Å². The maximum absolute atomic E-state index is 14.1. The maximum atomic E-state index is 14.1. The molecule has 0 aliphatic rings. The first-order chi connectivity index (χ1) is 10.0. The van der Waals surface area contributed by atoms with E-state index < -0.39 is 14.0 Å². The number of rotatable bonds is 7. The third-order valence-electron chi connectivity index (χ3n) is 4.68. The quantitative estimate of drug-likeness (QED) is 0.575. The molecular weight excluding hydrogens is 293 g/mol. The molecule has 0 saturated carbocycles. The Morgan fingerprint density at radius 2 is 1.55 bits per heavy atom. The lowest BCUT2D eigenvalue weighted by Crippen LogP contribution is -2.47. The molecule has 22 heavy (non-hydrogen) atoms. The van der Waals surface area contributed by atoms with Crippen LogP contribution in [0.15, 0.2) is 18.5 Å². The highest BCUT2D eigenvalue weighted by atomic mass is 28.4. The Balaban J connectivity index is 3.00. The molecule has 0 unspecified atom stereocenters. The molecule has 0 amide bonds. The smallest absolute Gasteiger partial charge is 0.200 e. The molecule has 1 heterocycles. The third kappa shape index (κ3) is 4.16. The Bertz CT molecular complexity index is 458. The average molecular weight is 326 g/mol. The van der Waals surface area contributed by atoms with Crippen LogP contribution in [0.2, 0.25) is 16.6 Å². The van der Waals surface area contributed by atoms with Crippen LogP contribution >= 0.6 is 0 Å². The Morgan fingerprint density at radius 3 is 1.95 bits per heavy atom. The van der Waals surface area contributed by atoms with Crippen LogP contribution in [0.4, 0.5) is 4.39 Å². The molecule has 1 aromatic heterocycles. The summed E-state index contributed by atoms with van der Waals surface area (Å²) < 4.78 is 20.6. The molecule has 1 aromatic rings. The number of hydrogen-bond acceptors (Lipinski definition) is 2. The normalized spacial score (nSPS) is 13.5. The molecule has 0 aromatic carbocycles. The van der Waals surface area contributed by atoms with Gasteiger partial charge >= 0.3 is 0 Å². The third-order valence-corrected chi connectivity index (χ3v) is 10.7. The fourth-order valence-corrected chi connectivity index (χ4v) is 9.02. The lowest BCUT2D eigenvalue weighted by molar-refractivity contribution is 0.219. The van der Waals surface area contributed by atoms with Crippen molar-refractivity contribution < 1.29 is 8.82 Å². The first-order valence-corrected chi connectivity index (χ1v) is 10.4. The summed E-state index contributed by atoms with van der Waals surface area (Å²) in [6.45, 7) is 17.3. The standard InChI is InChI=1S/C18H32FNOSi/c1-13(2)22(14(3)4,15(5)6)21-12-16-9-17(11-20-10-16)18(7,8)19/h9-11,13-15H,12H2,1-8H3. The van der Waals surface area contributed by atoms with Gasteiger partial charge in [-0.3, -0.25) is 4.98 Å². The second kappa shape index (κ2) is 7.22. The fraction of sp³-hybridized carbons (Fsp3) is 0.722. The van der Waals surface area contributed by atoms with Gasteiger partial charge in [0.15, 0.2) is 0 Å². The molecule has 0 N–H and O–H groups in total. The summed E-state index contributed by atoms with van der Waals surface area (Å²) in [5.74, 6) is 0. The highest BCUT2D eigenvalue weighted by Crippen LogP contribution is 2.42. The Hall–Kier alpha value is -0.743. The van der Waals surface area contributed by atoms with Gasteiger partial charge in [-0.1, -0.05) is 41.5 Å². The van der Waals surface area contributed by atoms with Gasteiger partial charge in [-0.05, 0) is 42.1 Å². The van der Waals surface area contributed by atoms with Crippen molar-refractivity contribution in [2.24, 2.45) is 0 Å². The molecule has 0 radical (unpaired) electrons. The summed E-state index contributed by atoms with van der Waals surface area (Å²) in [5, 5.41) is 0. The zero-order chi connectivity index (χ0) is 17.1. The van der Waals surface area contributed by atoms with Crippen LogP contribution in [0.25, 0.3) is 0 Å². The average Bonchev–Trinajstić information content (AvgIpc) is 2.37. The number of aromatic nitrogens is 1. The van der Waals surface area contributed by atoms with Crippen LogP contribution in [-0.2, 0) is 16.7 Å². The Morgan fingerprint density at radius 1 is 1.05 bits per heavy atom. The van der Waals surface area contributed by atoms with Crippen molar-refractivity contribution >= 4 is 8.32 Å². The summed E-state index contributed by atoms with van der Waals surface area (Å²) in [6.07, 6.45) is 3.39. The zero-order valence-electron chi connectivity index (χ0n) is 15.4. The Labute approximate surface area is 136 Å². The highest BCUT2D eigenvalue weighted by Gasteiger charge is 2.44. The van der Waals surface area contributed by atoms with E-state index in [4.69, 9.17) is 4.43 Å². The van der Waals surface area contributed by atoms with E-state index in [0.29, 0.717) is 28.8 Å². The predicted molar refractivity (Wildman–Crippen MR) is 94.2 cm³/mol. The van der Waals surface area contributed by atoms with E-state index in [1.165, 1.54) is 0 Å². The first kappa shape index (κ1) is 19.3. The van der Waals surface area contributed by atoms with Crippen molar-refractivity contribution in [3.8, 4) is 0 Å². The summed E-state index contributed by atoms with van der Waals surface area (Å²) in [5.41, 5.74) is 1.83. The number of alkyl halides is 1. The van der Waals surface area contributed by atoms with Gasteiger partial charge in [-0.2, -0.15) is 0 Å². The van der Waals surface area contributed by atoms with Crippen molar-refractivity contribution in [1.82, 2.24) is 4.98 Å². The summed E-state index contributed by atoms with van der Waals surface area (Å²) >= 11 is 0. The summed E-state index contributed by atoms with van der Waals surface area (Å²) in [4.78, 5) is 4.18. The van der Waals surface area contributed by atoms with Crippen molar-refractivity contribution in [1.29, 1.82) is 0 Å². The number of nitrogens with zero attached hydrogens (tertiary/aromatic N) is 1. The molecule has 126 valence electrons. The van der Waals surface area contributed by atoms with Gasteiger partial charge in [-0.15, -0.1) is 0 Å². The molecule has 0 aliphatic heterocycles. The van der Waals surface area contributed by atoms with E-state index in [2.05, 4.69) is 46.5 Å². The maximum Gasteiger partial charge on any atom is 0.200 e. The molecule has 0 bridgehead atoms. The minimum absolute atomic E-state index is 0.525. The first-order valence-electron chi connectivity index (χ1n) is 8.29. The van der Waals surface area contributed by atoms with Crippen LogP contribution in [0.5, 0.6) is 0 Å². The molecular formula is C18H32FNOSi. The van der Waals surface area contributed by atoms with E-state index in [1.807, 2.05) is 6.07 Å². The van der Waals surface area contributed by atoms with Crippen LogP contribution in [-0.4, -0.2) is 13.3 Å². The molecule has 0 saturated heterocycles. The predicted octanol–water partition coefficient (Wildman–Crippen LogP) is 5.98. The van der Waals surface area contributed by atoms with Crippen molar-refractivity contribution in [2.75, 3.05) is 0 Å². The molecule has 0 spiro atoms. The molecule has 0 atom stereocenters. The summed E-state index contributed by atoms with van der Waals surface area (Å²) in [6, 6.07) is 1.88. The van der Waals surface area contributed by atoms with Crippen LogP contribution in [0.1, 0.15) is 66.5 Å². The largest absolute Gasteiger partial charge is 0.412 e. The lowest BCUT2D eigenvalue weighted by Gasteiger charge is -2.42. The minimum Gasteiger partial charge on any atom is -0.412 e. The molecule has 1 rings (SSSR count). The van der Waals surface area contributed by atoms with Crippen LogP contribution in [0.3, 0.4) is 0 Å². The van der Waals surface area contributed by atoms with Gasteiger partial charge < -0.3 is 4.43 Å². The minimum atomic E-state index is -1.90. The second-order valence-corrected chi connectivity index (χ2v) is 13.1. The molecule has 2 nitrogen and oxygen atoms in total. The topological polar surface area (TPSA) is 22.1 Å².